The summed E-state index contributed by atoms with van der Waals surface area (Å²) in [5.41, 5.74) is 2.17. The lowest BCUT2D eigenvalue weighted by Crippen LogP contribution is -2.61. The second-order valence-corrected chi connectivity index (χ2v) is 19.9. The lowest BCUT2D eigenvalue weighted by molar-refractivity contribution is -0.292. The summed E-state index contributed by atoms with van der Waals surface area (Å²) in [6.45, 7) is 11.4. The number of nitrogens with one attached hydrogen (secondary N) is 1. The van der Waals surface area contributed by atoms with E-state index in [1.165, 1.54) is 0 Å². The number of carbonyl (C=O) groups excluding carboxylic acids is 2. The molecule has 1 amide bonds. The summed E-state index contributed by atoms with van der Waals surface area (Å²) in [4.78, 5) is 27.0. The highest BCUT2D eigenvalue weighted by atomic mass is 16.8. The largest absolute Gasteiger partial charge is 0.383 e. The summed E-state index contributed by atoms with van der Waals surface area (Å²) in [5, 5.41) is 13.2. The van der Waals surface area contributed by atoms with Gasteiger partial charge in [-0.2, -0.15) is 0 Å². The quantitative estimate of drug-likeness (QED) is 0.338. The van der Waals surface area contributed by atoms with Crippen LogP contribution in [0.25, 0.3) is 0 Å². The van der Waals surface area contributed by atoms with Crippen molar-refractivity contribution in [1.29, 1.82) is 0 Å². The summed E-state index contributed by atoms with van der Waals surface area (Å²) in [7, 11) is 3.29. The molecule has 1 saturated carbocycles. The average molecular weight is 842 g/mol. The van der Waals surface area contributed by atoms with Crippen LogP contribution in [-0.2, 0) is 57.0 Å². The molecule has 10 heterocycles. The number of ether oxygens (including phenoxy) is 10. The lowest BCUT2D eigenvalue weighted by atomic mass is 9.81. The van der Waals surface area contributed by atoms with Crippen molar-refractivity contribution in [3.63, 3.8) is 0 Å². The Morgan fingerprint density at radius 1 is 0.800 bits per heavy atom. The van der Waals surface area contributed by atoms with E-state index < -0.39 is 30.2 Å². The number of hydrogen-bond acceptors (Lipinski definition) is 13. The molecule has 60 heavy (non-hydrogen) atoms. The van der Waals surface area contributed by atoms with E-state index in [1.807, 2.05) is 0 Å². The molecule has 11 fully saturated rings. The maximum Gasteiger partial charge on any atom is 0.249 e. The maximum absolute atomic E-state index is 14.3. The number of Topliss-reactive ketones (excluding diaryl/α,β-unsaturated/α-hetero) is 1. The van der Waals surface area contributed by atoms with Gasteiger partial charge in [0.1, 0.15) is 42.4 Å². The first-order valence-electron chi connectivity index (χ1n) is 23.2. The van der Waals surface area contributed by atoms with Gasteiger partial charge in [0.05, 0.1) is 67.1 Å². The zero-order valence-corrected chi connectivity index (χ0v) is 35.6. The van der Waals surface area contributed by atoms with Gasteiger partial charge in [-0.15, -0.1) is 0 Å². The smallest absolute Gasteiger partial charge is 0.249 e. The van der Waals surface area contributed by atoms with Crippen LogP contribution < -0.4 is 5.32 Å². The van der Waals surface area contributed by atoms with Crippen LogP contribution >= 0.6 is 0 Å². The van der Waals surface area contributed by atoms with E-state index >= 15 is 0 Å². The number of amides is 1. The fraction of sp³-hybridized carbons (Fsp3) is 0.870. The second-order valence-electron chi connectivity index (χ2n) is 19.9. The van der Waals surface area contributed by atoms with Crippen LogP contribution in [0.2, 0.25) is 0 Å². The molecule has 0 aromatic carbocycles. The molecule has 11 rings (SSSR count). The second kappa shape index (κ2) is 17.0. The van der Waals surface area contributed by atoms with Gasteiger partial charge in [0.15, 0.2) is 5.79 Å². The highest BCUT2D eigenvalue weighted by molar-refractivity contribution is 5.81. The Kier molecular flexibility index (Phi) is 11.9. The van der Waals surface area contributed by atoms with Crippen LogP contribution in [0.5, 0.6) is 0 Å². The van der Waals surface area contributed by atoms with E-state index in [0.29, 0.717) is 32.1 Å². The number of rotatable bonds is 8. The topological polar surface area (TPSA) is 159 Å². The number of carbonyl (C=O) groups is 2. The first-order chi connectivity index (χ1) is 29.0. The van der Waals surface area contributed by atoms with Crippen LogP contribution in [0, 0.1) is 17.8 Å². The average Bonchev–Trinajstić information content (AvgIpc) is 3.77. The summed E-state index contributed by atoms with van der Waals surface area (Å²) >= 11 is 0. The monoisotopic (exact) mass is 841 g/mol. The minimum absolute atomic E-state index is 0.0159. The van der Waals surface area contributed by atoms with Crippen LogP contribution in [0.3, 0.4) is 0 Å². The predicted octanol–water partition coefficient (Wildman–Crippen LogP) is 4.02. The van der Waals surface area contributed by atoms with Gasteiger partial charge in [-0.05, 0) is 80.8 Å². The molecule has 14 nitrogen and oxygen atoms in total. The van der Waals surface area contributed by atoms with Crippen molar-refractivity contribution in [3.8, 4) is 0 Å². The van der Waals surface area contributed by atoms with E-state index in [4.69, 9.17) is 47.4 Å². The molecule has 0 aromatic rings. The SMILES string of the molecule is C=C1C[C@@H]2CC[C@@]34C[C@H]5OC6[C@@H](O[C@H]7CC[C@H](CC(=O)C[C@@H]8[C@@H](OC)[C@@H](C[C@@H](CNC(=O)[C@H](O)C9CC9)OC)O[C@H]8C[C@H]8O[C@@H](CC[C@@H]1O2)C[C@@H](C)C8=C)O[C@@H]7[C@@H]6O3)[C@H]5O4. The third-order valence-corrected chi connectivity index (χ3v) is 15.9. The normalized spacial score (nSPS) is 48.7. The number of fused-ring (bicyclic) bond motifs is 6. The summed E-state index contributed by atoms with van der Waals surface area (Å²) < 4.78 is 66.6. The third-order valence-electron chi connectivity index (χ3n) is 15.9. The molecule has 0 aromatic heterocycles. The van der Waals surface area contributed by atoms with Gasteiger partial charge in [0.25, 0.3) is 0 Å². The molecular weight excluding hydrogens is 774 g/mol. The number of methoxy groups -OCH3 is 2. The molecule has 10 aliphatic heterocycles. The molecule has 10 saturated heterocycles. The molecule has 12 bridgehead atoms. The van der Waals surface area contributed by atoms with Gasteiger partial charge < -0.3 is 57.8 Å². The van der Waals surface area contributed by atoms with Crippen LogP contribution in [-0.4, -0.2) is 147 Å². The fourth-order valence-electron chi connectivity index (χ4n) is 12.4. The van der Waals surface area contributed by atoms with Crippen molar-refractivity contribution in [1.82, 2.24) is 5.32 Å². The van der Waals surface area contributed by atoms with Gasteiger partial charge in [0.2, 0.25) is 5.91 Å². The molecule has 2 N–H and O–H groups in total. The van der Waals surface area contributed by atoms with Gasteiger partial charge in [-0.3, -0.25) is 9.59 Å². The third kappa shape index (κ3) is 8.12. The van der Waals surface area contributed by atoms with E-state index in [0.717, 1.165) is 62.5 Å². The van der Waals surface area contributed by atoms with Crippen molar-refractivity contribution < 1.29 is 62.1 Å². The summed E-state index contributed by atoms with van der Waals surface area (Å²) in [5.74, 6) is -1.07. The van der Waals surface area contributed by atoms with E-state index in [9.17, 15) is 14.7 Å². The van der Waals surface area contributed by atoms with E-state index in [1.54, 1.807) is 14.2 Å². The van der Waals surface area contributed by atoms with E-state index in [2.05, 4.69) is 25.4 Å². The predicted molar refractivity (Wildman–Crippen MR) is 214 cm³/mol. The Labute approximate surface area is 354 Å². The zero-order chi connectivity index (χ0) is 41.4. The van der Waals surface area contributed by atoms with Crippen molar-refractivity contribution in [2.45, 2.75) is 213 Å². The molecule has 14 heteroatoms. The molecule has 1 unspecified atom stereocenters. The van der Waals surface area contributed by atoms with Crippen molar-refractivity contribution >= 4 is 11.7 Å². The summed E-state index contributed by atoms with van der Waals surface area (Å²) in [6, 6.07) is 0. The minimum Gasteiger partial charge on any atom is -0.383 e. The Morgan fingerprint density at radius 2 is 1.55 bits per heavy atom. The molecule has 1 spiro atoms. The first kappa shape index (κ1) is 42.1. The number of aliphatic hydroxyl groups is 1. The van der Waals surface area contributed by atoms with E-state index in [-0.39, 0.29) is 128 Å². The molecular formula is C46H67NO13. The Balaban J connectivity index is 0.897. The van der Waals surface area contributed by atoms with Gasteiger partial charge in [0, 0.05) is 65.2 Å². The number of ketones is 1. The van der Waals surface area contributed by atoms with Gasteiger partial charge >= 0.3 is 0 Å². The standard InChI is InChI=1S/C46H67NO13/c1-22-14-27-8-10-32-23(2)15-29(53-32)12-13-46-20-37-41(59-46)42-43(58-37)44(60-46)40-33(57-42)11-9-28(55-40)16-26(48)17-31-35(19-34(54-27)24(22)3)56-36(39(31)52-5)18-30(51-4)21-47-45(50)38(49)25-6-7-25/h22,25,27-44,49H,2-3,6-21H2,1,4-5H3,(H,47,50)/t22-,27+,28-,29+,30+,31+,32+,33+,34-,35+,36-,37-,38-,39-,40+,41+,42+,43?,44+,46+/m1/s1. The Morgan fingerprint density at radius 3 is 2.35 bits per heavy atom. The van der Waals surface area contributed by atoms with Crippen LogP contribution in [0.15, 0.2) is 24.3 Å². The molecule has 334 valence electrons. The highest BCUT2D eigenvalue weighted by Gasteiger charge is 2.68. The highest BCUT2D eigenvalue weighted by Crippen LogP contribution is 2.54. The number of hydrogen-bond donors (Lipinski definition) is 2. The van der Waals surface area contributed by atoms with Crippen LogP contribution in [0.1, 0.15) is 103 Å². The van der Waals surface area contributed by atoms with Crippen molar-refractivity contribution in [2.75, 3.05) is 20.8 Å². The zero-order valence-electron chi connectivity index (χ0n) is 35.6. The fourth-order valence-corrected chi connectivity index (χ4v) is 12.4. The molecule has 20 atom stereocenters. The Hall–Kier alpha value is -1.82. The number of aliphatic hydroxyl groups excluding tert-OH is 1. The lowest BCUT2D eigenvalue weighted by Gasteiger charge is -2.47. The maximum atomic E-state index is 14.3. The molecule has 1 aliphatic carbocycles. The van der Waals surface area contributed by atoms with Gasteiger partial charge in [-0.1, -0.05) is 20.1 Å². The Bertz CT molecular complexity index is 1640. The first-order valence-corrected chi connectivity index (χ1v) is 23.2. The summed E-state index contributed by atoms with van der Waals surface area (Å²) in [6.07, 6.45) is 5.43. The van der Waals surface area contributed by atoms with Gasteiger partial charge in [-0.25, -0.2) is 0 Å². The molecule has 11 aliphatic rings. The van der Waals surface area contributed by atoms with Crippen molar-refractivity contribution in [3.05, 3.63) is 24.3 Å². The van der Waals surface area contributed by atoms with Crippen LogP contribution in [0.4, 0.5) is 0 Å². The van der Waals surface area contributed by atoms with Crippen molar-refractivity contribution in [2.24, 2.45) is 17.8 Å². The minimum atomic E-state index is -1.00. The molecule has 0 radical (unpaired) electrons.